The van der Waals surface area contributed by atoms with Gasteiger partial charge in [-0.15, -0.1) is 0 Å². The van der Waals surface area contributed by atoms with E-state index in [2.05, 4.69) is 10.4 Å². The Kier molecular flexibility index (Phi) is 6.00. The summed E-state index contributed by atoms with van der Waals surface area (Å²) in [6.45, 7) is 1.32. The van der Waals surface area contributed by atoms with Crippen molar-refractivity contribution in [3.05, 3.63) is 41.2 Å². The molecule has 1 fully saturated rings. The van der Waals surface area contributed by atoms with Crippen LogP contribution in [0.5, 0.6) is 5.75 Å². The fourth-order valence-corrected chi connectivity index (χ4v) is 3.95. The number of fused-ring (bicyclic) bond motifs is 1. The highest BCUT2D eigenvalue weighted by Crippen LogP contribution is 2.38. The van der Waals surface area contributed by atoms with Gasteiger partial charge in [-0.1, -0.05) is 0 Å². The van der Waals surface area contributed by atoms with Crippen molar-refractivity contribution in [2.75, 3.05) is 26.8 Å². The third-order valence-corrected chi connectivity index (χ3v) is 5.82. The Morgan fingerprint density at radius 1 is 1.21 bits per heavy atom. The molecule has 1 aromatic carbocycles. The Morgan fingerprint density at radius 3 is 2.44 bits per heavy atom. The van der Waals surface area contributed by atoms with Crippen molar-refractivity contribution < 1.29 is 37.0 Å². The van der Waals surface area contributed by atoms with Crippen molar-refractivity contribution in [2.45, 2.75) is 37.9 Å². The van der Waals surface area contributed by atoms with Gasteiger partial charge in [0.1, 0.15) is 17.0 Å². The molecule has 2 aromatic rings. The van der Waals surface area contributed by atoms with Gasteiger partial charge < -0.3 is 19.7 Å². The van der Waals surface area contributed by atoms with E-state index in [1.165, 1.54) is 19.2 Å². The second-order valence-electron chi connectivity index (χ2n) is 8.11. The third-order valence-electron chi connectivity index (χ3n) is 5.82. The molecule has 0 unspecified atom stereocenters. The molecule has 1 aliphatic carbocycles. The summed E-state index contributed by atoms with van der Waals surface area (Å²) in [5, 5.41) is 6.32. The zero-order valence-electron chi connectivity index (χ0n) is 18.6. The molecule has 182 valence electrons. The van der Waals surface area contributed by atoms with E-state index in [9.17, 15) is 27.6 Å². The molecule has 0 radical (unpaired) electrons. The average molecular weight is 480 g/mol. The number of hydrogen-bond acceptors (Lipinski definition) is 6. The van der Waals surface area contributed by atoms with Crippen molar-refractivity contribution in [2.24, 2.45) is 0 Å². The highest BCUT2D eigenvalue weighted by molar-refractivity contribution is 5.99. The largest absolute Gasteiger partial charge is 0.497 e. The lowest BCUT2D eigenvalue weighted by Crippen LogP contribution is -2.50. The molecule has 1 aliphatic heterocycles. The van der Waals surface area contributed by atoms with Crippen LogP contribution in [-0.2, 0) is 26.9 Å². The first kappa shape index (κ1) is 23.6. The third kappa shape index (κ3) is 4.31. The number of amides is 2. The van der Waals surface area contributed by atoms with Gasteiger partial charge in [0.15, 0.2) is 5.69 Å². The van der Waals surface area contributed by atoms with Gasteiger partial charge in [-0.3, -0.25) is 9.59 Å². The molecule has 9 nitrogen and oxygen atoms in total. The van der Waals surface area contributed by atoms with Gasteiger partial charge in [-0.2, -0.15) is 18.3 Å². The van der Waals surface area contributed by atoms with E-state index in [4.69, 9.17) is 9.47 Å². The number of hydrogen-bond donors (Lipinski definition) is 1. The van der Waals surface area contributed by atoms with E-state index in [1.54, 1.807) is 19.1 Å². The lowest BCUT2D eigenvalue weighted by Gasteiger charge is -2.28. The minimum absolute atomic E-state index is 0.0942. The van der Waals surface area contributed by atoms with Crippen LogP contribution in [0.4, 0.5) is 13.2 Å². The van der Waals surface area contributed by atoms with Crippen LogP contribution in [0.15, 0.2) is 24.3 Å². The Bertz CT molecular complexity index is 1120. The van der Waals surface area contributed by atoms with Crippen LogP contribution >= 0.6 is 0 Å². The maximum atomic E-state index is 13.7. The molecular formula is C22H23F3N4O5. The molecule has 0 atom stereocenters. The van der Waals surface area contributed by atoms with Gasteiger partial charge in [0, 0.05) is 12.1 Å². The van der Waals surface area contributed by atoms with Crippen LogP contribution in [0.3, 0.4) is 0 Å². The smallest absolute Gasteiger partial charge is 0.435 e. The monoisotopic (exact) mass is 480 g/mol. The lowest BCUT2D eigenvalue weighted by atomic mass is 10.0. The van der Waals surface area contributed by atoms with Crippen molar-refractivity contribution >= 4 is 17.8 Å². The maximum Gasteiger partial charge on any atom is 0.435 e. The number of nitrogens with one attached hydrogen (secondary N) is 1. The Labute approximate surface area is 192 Å². The zero-order chi connectivity index (χ0) is 24.7. The summed E-state index contributed by atoms with van der Waals surface area (Å²) in [6, 6.07) is 6.06. The van der Waals surface area contributed by atoms with Gasteiger partial charge in [-0.25, -0.2) is 9.48 Å². The topological polar surface area (TPSA) is 103 Å². The van der Waals surface area contributed by atoms with Gasteiger partial charge in [0.2, 0.25) is 5.91 Å². The normalized spacial score (nSPS) is 16.6. The molecule has 1 saturated carbocycles. The second-order valence-corrected chi connectivity index (χ2v) is 8.11. The fraction of sp³-hybridized carbons (Fsp3) is 0.455. The van der Waals surface area contributed by atoms with Crippen LogP contribution in [0.2, 0.25) is 0 Å². The molecule has 0 saturated heterocycles. The molecule has 2 heterocycles. The Morgan fingerprint density at radius 2 is 1.88 bits per heavy atom. The standard InChI is InChI=1S/C22H23F3N4O5/c1-3-34-20(32)21(9-10-21)26-16(30)12-28-11-8-15-17(19(28)31)29(27-18(15)22(23,24)25)13-4-6-14(33-2)7-5-13/h4-7H,3,8-12H2,1-2H3,(H,26,30). The average Bonchev–Trinajstić information content (AvgIpc) is 3.45. The summed E-state index contributed by atoms with van der Waals surface area (Å²) < 4.78 is 52.0. The van der Waals surface area contributed by atoms with E-state index in [-0.39, 0.29) is 36.5 Å². The quantitative estimate of drug-likeness (QED) is 0.609. The summed E-state index contributed by atoms with van der Waals surface area (Å²) in [5.74, 6) is -1.39. The first-order valence-corrected chi connectivity index (χ1v) is 10.7. The molecule has 2 amide bonds. The van der Waals surface area contributed by atoms with E-state index in [0.717, 1.165) is 9.58 Å². The molecular weight excluding hydrogens is 457 g/mol. The van der Waals surface area contributed by atoms with Gasteiger partial charge >= 0.3 is 12.1 Å². The van der Waals surface area contributed by atoms with Crippen molar-refractivity contribution in [1.29, 1.82) is 0 Å². The number of esters is 1. The van der Waals surface area contributed by atoms with Gasteiger partial charge in [0.25, 0.3) is 5.91 Å². The number of nitrogens with zero attached hydrogens (tertiary/aromatic N) is 3. The lowest BCUT2D eigenvalue weighted by molar-refractivity contribution is -0.148. The summed E-state index contributed by atoms with van der Waals surface area (Å²) in [5.41, 5.74) is -2.44. The van der Waals surface area contributed by atoms with Gasteiger partial charge in [0.05, 0.1) is 25.9 Å². The van der Waals surface area contributed by atoms with Crippen LogP contribution in [0.1, 0.15) is 41.5 Å². The molecule has 0 spiro atoms. The molecule has 34 heavy (non-hydrogen) atoms. The van der Waals surface area contributed by atoms with E-state index < -0.39 is 41.7 Å². The zero-order valence-corrected chi connectivity index (χ0v) is 18.6. The summed E-state index contributed by atoms with van der Waals surface area (Å²) in [7, 11) is 1.45. The summed E-state index contributed by atoms with van der Waals surface area (Å²) >= 11 is 0. The van der Waals surface area contributed by atoms with Crippen molar-refractivity contribution in [1.82, 2.24) is 20.0 Å². The number of halogens is 3. The molecule has 2 aliphatic rings. The van der Waals surface area contributed by atoms with Crippen molar-refractivity contribution in [3.8, 4) is 11.4 Å². The number of carbonyl (C=O) groups is 3. The summed E-state index contributed by atoms with van der Waals surface area (Å²) in [4.78, 5) is 39.1. The number of carbonyl (C=O) groups excluding carboxylic acids is 3. The molecule has 0 bridgehead atoms. The first-order chi connectivity index (χ1) is 16.1. The SMILES string of the molecule is CCOC(=O)C1(NC(=O)CN2CCc3c(C(F)(F)F)nn(-c4ccc(OC)cc4)c3C2=O)CC1. The van der Waals surface area contributed by atoms with Crippen LogP contribution in [0, 0.1) is 0 Å². The van der Waals surface area contributed by atoms with E-state index >= 15 is 0 Å². The number of ether oxygens (including phenoxy) is 2. The summed E-state index contributed by atoms with van der Waals surface area (Å²) in [6.07, 6.45) is -4.02. The fourth-order valence-electron chi connectivity index (χ4n) is 3.95. The number of methoxy groups -OCH3 is 1. The highest BCUT2D eigenvalue weighted by atomic mass is 19.4. The Hall–Kier alpha value is -3.57. The molecule has 12 heteroatoms. The number of benzene rings is 1. The van der Waals surface area contributed by atoms with Gasteiger partial charge in [-0.05, 0) is 50.5 Å². The van der Waals surface area contributed by atoms with Crippen LogP contribution in [0.25, 0.3) is 5.69 Å². The Balaban J connectivity index is 1.60. The van der Waals surface area contributed by atoms with Crippen molar-refractivity contribution in [3.63, 3.8) is 0 Å². The van der Waals surface area contributed by atoms with Crippen LogP contribution in [-0.4, -0.2) is 64.8 Å². The number of aromatic nitrogens is 2. The van der Waals surface area contributed by atoms with E-state index in [1.807, 2.05) is 0 Å². The maximum absolute atomic E-state index is 13.7. The van der Waals surface area contributed by atoms with Crippen LogP contribution < -0.4 is 10.1 Å². The highest BCUT2D eigenvalue weighted by Gasteiger charge is 2.53. The predicted octanol–water partition coefficient (Wildman–Crippen LogP) is 2.11. The number of rotatable bonds is 7. The second kappa shape index (κ2) is 8.65. The molecule has 1 N–H and O–H groups in total. The predicted molar refractivity (Wildman–Crippen MR) is 111 cm³/mol. The minimum atomic E-state index is -4.75. The van der Waals surface area contributed by atoms with E-state index in [0.29, 0.717) is 18.6 Å². The molecule has 4 rings (SSSR count). The minimum Gasteiger partial charge on any atom is -0.497 e. The number of alkyl halides is 3. The molecule has 1 aromatic heterocycles. The first-order valence-electron chi connectivity index (χ1n) is 10.7.